The molecular formula is C22H20N2O7S2. The van der Waals surface area contributed by atoms with Gasteiger partial charge in [-0.3, -0.25) is 14.5 Å². The van der Waals surface area contributed by atoms with Crippen molar-refractivity contribution in [3.8, 4) is 17.2 Å². The van der Waals surface area contributed by atoms with E-state index < -0.39 is 17.6 Å². The number of benzene rings is 2. The number of carboxylic acid groups (broad SMARTS) is 1. The van der Waals surface area contributed by atoms with Crippen molar-refractivity contribution < 1.29 is 34.1 Å². The van der Waals surface area contributed by atoms with E-state index >= 15 is 0 Å². The molecule has 3 N–H and O–H groups in total. The Balaban J connectivity index is 1.63. The number of amides is 2. The van der Waals surface area contributed by atoms with E-state index in [0.717, 1.165) is 23.4 Å². The Kier molecular flexibility index (Phi) is 7.56. The van der Waals surface area contributed by atoms with Crippen LogP contribution in [0.2, 0.25) is 0 Å². The number of carboxylic acids is 1. The highest BCUT2D eigenvalue weighted by atomic mass is 32.2. The van der Waals surface area contributed by atoms with Crippen LogP contribution in [0.4, 0.5) is 5.69 Å². The molecule has 3 rings (SSSR count). The van der Waals surface area contributed by atoms with Gasteiger partial charge in [0.1, 0.15) is 15.6 Å². The van der Waals surface area contributed by atoms with Crippen LogP contribution < -0.4 is 14.8 Å². The summed E-state index contributed by atoms with van der Waals surface area (Å²) in [5.74, 6) is -1.37. The van der Waals surface area contributed by atoms with Gasteiger partial charge in [-0.15, -0.1) is 0 Å². The van der Waals surface area contributed by atoms with Crippen molar-refractivity contribution >= 4 is 57.8 Å². The molecule has 0 atom stereocenters. The average molecular weight is 489 g/mol. The number of nitrogens with one attached hydrogen (secondary N) is 1. The van der Waals surface area contributed by atoms with Crippen molar-refractivity contribution in [1.29, 1.82) is 0 Å². The lowest BCUT2D eigenvalue weighted by Gasteiger charge is -2.14. The molecule has 1 saturated heterocycles. The molecule has 0 bridgehead atoms. The molecule has 2 aromatic carbocycles. The Hall–Kier alpha value is -3.57. The summed E-state index contributed by atoms with van der Waals surface area (Å²) in [6.45, 7) is 0.0684. The Morgan fingerprint density at radius 3 is 2.52 bits per heavy atom. The molecule has 0 spiro atoms. The first-order chi connectivity index (χ1) is 15.7. The van der Waals surface area contributed by atoms with E-state index in [1.165, 1.54) is 31.3 Å². The van der Waals surface area contributed by atoms with Crippen molar-refractivity contribution in [2.24, 2.45) is 0 Å². The van der Waals surface area contributed by atoms with Crippen molar-refractivity contribution in [1.82, 2.24) is 4.90 Å². The van der Waals surface area contributed by atoms with Crippen molar-refractivity contribution in [3.05, 3.63) is 52.4 Å². The van der Waals surface area contributed by atoms with Crippen LogP contribution in [-0.2, 0) is 9.59 Å². The number of thioether (sulfide) groups is 1. The molecule has 0 aliphatic carbocycles. The van der Waals surface area contributed by atoms with Gasteiger partial charge in [0.25, 0.3) is 5.91 Å². The van der Waals surface area contributed by atoms with Gasteiger partial charge in [-0.05, 0) is 35.9 Å². The second-order valence-corrected chi connectivity index (χ2v) is 8.46. The quantitative estimate of drug-likeness (QED) is 0.379. The number of methoxy groups -OCH3 is 2. The standard InChI is InChI=1S/C22H20N2O7S2/c1-30-16-6-3-12(9-17(16)31-2)10-18-20(27)24(22(32)33-18)8-7-19(26)23-13-4-5-14(21(28)29)15(25)11-13/h3-6,9-11,25H,7-8H2,1-2H3,(H,23,26)(H,28,29)/b18-10-. The van der Waals surface area contributed by atoms with Crippen LogP contribution in [0, 0.1) is 0 Å². The topological polar surface area (TPSA) is 125 Å². The van der Waals surface area contributed by atoms with Gasteiger partial charge in [0.15, 0.2) is 11.5 Å². The highest BCUT2D eigenvalue weighted by molar-refractivity contribution is 8.26. The van der Waals surface area contributed by atoms with Gasteiger partial charge in [0.2, 0.25) is 5.91 Å². The molecule has 9 nitrogen and oxygen atoms in total. The number of aromatic hydroxyl groups is 1. The summed E-state index contributed by atoms with van der Waals surface area (Å²) < 4.78 is 10.8. The van der Waals surface area contributed by atoms with Crippen LogP contribution in [0.3, 0.4) is 0 Å². The number of nitrogens with zero attached hydrogens (tertiary/aromatic N) is 1. The molecule has 0 unspecified atom stereocenters. The first-order valence-electron chi connectivity index (χ1n) is 9.57. The Bertz CT molecular complexity index is 1160. The summed E-state index contributed by atoms with van der Waals surface area (Å²) in [7, 11) is 3.06. The number of hydrogen-bond acceptors (Lipinski definition) is 8. The van der Waals surface area contributed by atoms with Crippen LogP contribution in [0.1, 0.15) is 22.3 Å². The fourth-order valence-corrected chi connectivity index (χ4v) is 4.32. The molecule has 0 saturated carbocycles. The summed E-state index contributed by atoms with van der Waals surface area (Å²) in [6, 6.07) is 8.96. The molecule has 1 heterocycles. The fourth-order valence-electron chi connectivity index (χ4n) is 3.01. The molecular weight excluding hydrogens is 468 g/mol. The van der Waals surface area contributed by atoms with E-state index in [0.29, 0.717) is 20.7 Å². The van der Waals surface area contributed by atoms with E-state index in [9.17, 15) is 19.5 Å². The zero-order chi connectivity index (χ0) is 24.1. The highest BCUT2D eigenvalue weighted by Crippen LogP contribution is 2.34. The number of anilines is 1. The molecule has 1 aliphatic rings. The van der Waals surface area contributed by atoms with Crippen molar-refractivity contribution in [2.45, 2.75) is 6.42 Å². The maximum Gasteiger partial charge on any atom is 0.339 e. The maximum absolute atomic E-state index is 12.8. The minimum Gasteiger partial charge on any atom is -0.507 e. The Morgan fingerprint density at radius 2 is 1.88 bits per heavy atom. The lowest BCUT2D eigenvalue weighted by atomic mass is 10.1. The third kappa shape index (κ3) is 5.62. The number of ether oxygens (including phenoxy) is 2. The molecule has 0 aromatic heterocycles. The molecule has 1 aliphatic heterocycles. The van der Waals surface area contributed by atoms with Gasteiger partial charge in [0.05, 0.1) is 19.1 Å². The number of hydrogen-bond donors (Lipinski definition) is 3. The fraction of sp³-hybridized carbons (Fsp3) is 0.182. The monoisotopic (exact) mass is 488 g/mol. The zero-order valence-corrected chi connectivity index (χ0v) is 19.3. The number of thiocarbonyl (C=S) groups is 1. The van der Waals surface area contributed by atoms with Crippen molar-refractivity contribution in [2.75, 3.05) is 26.1 Å². The summed E-state index contributed by atoms with van der Waals surface area (Å²) in [5, 5.41) is 21.2. The number of carbonyl (C=O) groups is 3. The van der Waals surface area contributed by atoms with E-state index in [2.05, 4.69) is 5.32 Å². The molecule has 0 radical (unpaired) electrons. The van der Waals surface area contributed by atoms with Gasteiger partial charge < -0.3 is 25.0 Å². The first kappa shape index (κ1) is 24.1. The lowest BCUT2D eigenvalue weighted by molar-refractivity contribution is -0.122. The lowest BCUT2D eigenvalue weighted by Crippen LogP contribution is -2.31. The van der Waals surface area contributed by atoms with E-state index in [1.54, 1.807) is 24.3 Å². The third-order valence-electron chi connectivity index (χ3n) is 4.65. The molecule has 2 aromatic rings. The predicted molar refractivity (Wildman–Crippen MR) is 128 cm³/mol. The number of rotatable bonds is 8. The second-order valence-electron chi connectivity index (χ2n) is 6.78. The molecule has 2 amide bonds. The Labute approximate surface area is 199 Å². The van der Waals surface area contributed by atoms with Crippen molar-refractivity contribution in [3.63, 3.8) is 0 Å². The SMILES string of the molecule is COc1ccc(/C=C2\SC(=S)N(CCC(=O)Nc3ccc(C(=O)O)c(O)c3)C2=O)cc1OC. The second kappa shape index (κ2) is 10.4. The van der Waals surface area contributed by atoms with E-state index in [-0.39, 0.29) is 30.1 Å². The predicted octanol–water partition coefficient (Wildman–Crippen LogP) is 3.34. The summed E-state index contributed by atoms with van der Waals surface area (Å²) in [4.78, 5) is 37.8. The smallest absolute Gasteiger partial charge is 0.339 e. The Morgan fingerprint density at radius 1 is 1.15 bits per heavy atom. The summed E-state index contributed by atoms with van der Waals surface area (Å²) in [6.07, 6.45) is 1.64. The van der Waals surface area contributed by atoms with Crippen LogP contribution in [0.15, 0.2) is 41.3 Å². The molecule has 11 heteroatoms. The van der Waals surface area contributed by atoms with E-state index in [4.69, 9.17) is 26.8 Å². The molecule has 172 valence electrons. The van der Waals surface area contributed by atoms with Crippen LogP contribution >= 0.6 is 24.0 Å². The average Bonchev–Trinajstić information content (AvgIpc) is 3.04. The largest absolute Gasteiger partial charge is 0.507 e. The zero-order valence-electron chi connectivity index (χ0n) is 17.7. The van der Waals surface area contributed by atoms with Gasteiger partial charge in [-0.1, -0.05) is 30.0 Å². The number of carbonyl (C=O) groups excluding carboxylic acids is 2. The van der Waals surface area contributed by atoms with Crippen LogP contribution in [0.25, 0.3) is 6.08 Å². The first-order valence-corrected chi connectivity index (χ1v) is 10.8. The third-order valence-corrected chi connectivity index (χ3v) is 6.03. The molecule has 1 fully saturated rings. The number of aromatic carboxylic acids is 1. The molecule has 33 heavy (non-hydrogen) atoms. The minimum absolute atomic E-state index is 0.0441. The minimum atomic E-state index is -1.28. The van der Waals surface area contributed by atoms with Gasteiger partial charge in [-0.2, -0.15) is 0 Å². The van der Waals surface area contributed by atoms with Gasteiger partial charge in [-0.25, -0.2) is 4.79 Å². The summed E-state index contributed by atoms with van der Waals surface area (Å²) in [5.41, 5.74) is 0.698. The number of phenols is 1. The normalized spacial score (nSPS) is 14.5. The van der Waals surface area contributed by atoms with E-state index in [1.807, 2.05) is 0 Å². The summed E-state index contributed by atoms with van der Waals surface area (Å²) >= 11 is 6.44. The van der Waals surface area contributed by atoms with Crippen LogP contribution in [0.5, 0.6) is 17.2 Å². The van der Waals surface area contributed by atoms with Crippen LogP contribution in [-0.4, -0.2) is 58.0 Å². The van der Waals surface area contributed by atoms with Gasteiger partial charge in [0, 0.05) is 24.7 Å². The maximum atomic E-state index is 12.8. The van der Waals surface area contributed by atoms with Gasteiger partial charge >= 0.3 is 5.97 Å². The highest BCUT2D eigenvalue weighted by Gasteiger charge is 2.32.